The van der Waals surface area contributed by atoms with Gasteiger partial charge in [-0.1, -0.05) is 29.8 Å². The van der Waals surface area contributed by atoms with Crippen LogP contribution in [0.1, 0.15) is 28.4 Å². The predicted molar refractivity (Wildman–Crippen MR) is 118 cm³/mol. The fourth-order valence-corrected chi connectivity index (χ4v) is 3.56. The van der Waals surface area contributed by atoms with Crippen LogP contribution in [0.4, 0.5) is 0 Å². The van der Waals surface area contributed by atoms with Crippen molar-refractivity contribution in [1.29, 1.82) is 0 Å². The van der Waals surface area contributed by atoms with Crippen LogP contribution in [0.25, 0.3) is 0 Å². The summed E-state index contributed by atoms with van der Waals surface area (Å²) >= 11 is 0. The van der Waals surface area contributed by atoms with Gasteiger partial charge in [0.25, 0.3) is 0 Å². The lowest BCUT2D eigenvalue weighted by Gasteiger charge is -2.35. The summed E-state index contributed by atoms with van der Waals surface area (Å²) in [5.74, 6) is 1.47. The lowest BCUT2D eigenvalue weighted by molar-refractivity contribution is -0.00834. The maximum atomic E-state index is 6.07. The zero-order valence-electron chi connectivity index (χ0n) is 18.4. The molecule has 0 radical (unpaired) electrons. The highest BCUT2D eigenvalue weighted by atomic mass is 16.5. The average molecular weight is 413 g/mol. The van der Waals surface area contributed by atoms with Crippen molar-refractivity contribution in [2.75, 3.05) is 47.1 Å². The summed E-state index contributed by atoms with van der Waals surface area (Å²) in [7, 11) is 3.46. The predicted octanol–water partition coefficient (Wildman–Crippen LogP) is 2.87. The van der Waals surface area contributed by atoms with Crippen molar-refractivity contribution in [3.8, 4) is 5.88 Å². The van der Waals surface area contributed by atoms with Crippen LogP contribution in [-0.4, -0.2) is 62.9 Å². The van der Waals surface area contributed by atoms with E-state index in [-0.39, 0.29) is 6.10 Å². The minimum Gasteiger partial charge on any atom is -0.475 e. The second-order valence-electron chi connectivity index (χ2n) is 7.41. The third kappa shape index (κ3) is 5.93. The van der Waals surface area contributed by atoms with E-state index in [0.717, 1.165) is 24.6 Å². The third-order valence-electron chi connectivity index (χ3n) is 5.14. The summed E-state index contributed by atoms with van der Waals surface area (Å²) in [5, 5.41) is 3.44. The Morgan fingerprint density at radius 1 is 1.27 bits per heavy atom. The maximum absolute atomic E-state index is 6.07. The molecule has 1 fully saturated rings. The number of ether oxygens (including phenoxy) is 3. The van der Waals surface area contributed by atoms with E-state index in [1.807, 2.05) is 25.4 Å². The van der Waals surface area contributed by atoms with Crippen molar-refractivity contribution in [1.82, 2.24) is 15.2 Å². The first-order valence-electron chi connectivity index (χ1n) is 10.3. The molecule has 0 aliphatic carbocycles. The fraction of sp³-hybridized carbons (Fsp3) is 0.478. The smallest absolute Gasteiger partial charge is 0.213 e. The van der Waals surface area contributed by atoms with Gasteiger partial charge in [0.05, 0.1) is 19.8 Å². The summed E-state index contributed by atoms with van der Waals surface area (Å²) < 4.78 is 16.6. The van der Waals surface area contributed by atoms with Gasteiger partial charge in [-0.3, -0.25) is 4.99 Å². The van der Waals surface area contributed by atoms with E-state index in [9.17, 15) is 0 Å². The molecule has 3 rings (SSSR count). The average Bonchev–Trinajstić information content (AvgIpc) is 2.75. The Bertz CT molecular complexity index is 839. The SMILES string of the molecule is CN=C(NCc1ccc(OCCOC)nc1)N1CCOC(c2ccc(C)cc2C)C1. The molecule has 1 aliphatic heterocycles. The summed E-state index contributed by atoms with van der Waals surface area (Å²) in [6.45, 7) is 8.20. The highest BCUT2D eigenvalue weighted by molar-refractivity contribution is 5.80. The lowest BCUT2D eigenvalue weighted by atomic mass is 10.00. The van der Waals surface area contributed by atoms with Crippen LogP contribution < -0.4 is 10.1 Å². The number of benzene rings is 1. The van der Waals surface area contributed by atoms with Crippen LogP contribution in [0.3, 0.4) is 0 Å². The molecule has 1 N–H and O–H groups in total. The van der Waals surface area contributed by atoms with Gasteiger partial charge < -0.3 is 24.4 Å². The molecule has 7 heteroatoms. The number of rotatable bonds is 7. The van der Waals surface area contributed by atoms with Gasteiger partial charge in [0.1, 0.15) is 12.7 Å². The van der Waals surface area contributed by atoms with Crippen molar-refractivity contribution in [3.05, 3.63) is 58.8 Å². The number of nitrogens with one attached hydrogen (secondary N) is 1. The minimum atomic E-state index is 0.0445. The van der Waals surface area contributed by atoms with Crippen LogP contribution in [-0.2, 0) is 16.0 Å². The van der Waals surface area contributed by atoms with E-state index in [4.69, 9.17) is 14.2 Å². The molecule has 30 heavy (non-hydrogen) atoms. The molecule has 1 aromatic heterocycles. The Kier molecular flexibility index (Phi) is 8.04. The van der Waals surface area contributed by atoms with Crippen molar-refractivity contribution in [3.63, 3.8) is 0 Å². The Morgan fingerprint density at radius 2 is 2.13 bits per heavy atom. The molecule has 162 valence electrons. The van der Waals surface area contributed by atoms with E-state index in [2.05, 4.69) is 52.2 Å². The molecule has 2 aromatic rings. The molecule has 0 bridgehead atoms. The molecule has 2 heterocycles. The van der Waals surface area contributed by atoms with Crippen LogP contribution in [0.5, 0.6) is 5.88 Å². The van der Waals surface area contributed by atoms with Crippen LogP contribution in [0, 0.1) is 13.8 Å². The number of nitrogens with zero attached hydrogens (tertiary/aromatic N) is 3. The van der Waals surface area contributed by atoms with Gasteiger partial charge in [-0.05, 0) is 30.5 Å². The molecule has 0 amide bonds. The van der Waals surface area contributed by atoms with Gasteiger partial charge in [-0.25, -0.2) is 4.98 Å². The van der Waals surface area contributed by atoms with Crippen LogP contribution in [0.15, 0.2) is 41.5 Å². The van der Waals surface area contributed by atoms with Crippen molar-refractivity contribution < 1.29 is 14.2 Å². The molecule has 1 aliphatic rings. The summed E-state index contributed by atoms with van der Waals surface area (Å²) in [4.78, 5) is 11.1. The summed E-state index contributed by atoms with van der Waals surface area (Å²) in [6.07, 6.45) is 1.86. The number of hydrogen-bond acceptors (Lipinski definition) is 5. The van der Waals surface area contributed by atoms with Gasteiger partial charge in [-0.2, -0.15) is 0 Å². The van der Waals surface area contributed by atoms with Crippen molar-refractivity contribution in [2.24, 2.45) is 4.99 Å². The van der Waals surface area contributed by atoms with Crippen LogP contribution >= 0.6 is 0 Å². The molecular formula is C23H32N4O3. The lowest BCUT2D eigenvalue weighted by Crippen LogP contribution is -2.48. The molecule has 7 nitrogen and oxygen atoms in total. The summed E-state index contributed by atoms with van der Waals surface area (Å²) in [6, 6.07) is 10.4. The highest BCUT2D eigenvalue weighted by Gasteiger charge is 2.25. The highest BCUT2D eigenvalue weighted by Crippen LogP contribution is 2.26. The Balaban J connectivity index is 1.56. The Hall–Kier alpha value is -2.64. The van der Waals surface area contributed by atoms with Crippen LogP contribution in [0.2, 0.25) is 0 Å². The van der Waals surface area contributed by atoms with Gasteiger partial charge in [0.2, 0.25) is 5.88 Å². The zero-order chi connectivity index (χ0) is 21.3. The zero-order valence-corrected chi connectivity index (χ0v) is 18.4. The Labute approximate surface area is 179 Å². The first kappa shape index (κ1) is 22.1. The number of hydrogen-bond donors (Lipinski definition) is 1. The second-order valence-corrected chi connectivity index (χ2v) is 7.41. The molecule has 1 aromatic carbocycles. The minimum absolute atomic E-state index is 0.0445. The van der Waals surface area contributed by atoms with E-state index in [1.54, 1.807) is 7.11 Å². The van der Waals surface area contributed by atoms with Gasteiger partial charge in [0, 0.05) is 39.5 Å². The number of pyridine rings is 1. The molecule has 1 saturated heterocycles. The maximum Gasteiger partial charge on any atom is 0.213 e. The van der Waals surface area contributed by atoms with E-state index >= 15 is 0 Å². The molecule has 0 spiro atoms. The number of morpholine rings is 1. The van der Waals surface area contributed by atoms with E-state index < -0.39 is 0 Å². The largest absolute Gasteiger partial charge is 0.475 e. The standard InChI is InChI=1S/C23H32N4O3/c1-17-5-7-20(18(2)13-17)21-16-27(9-10-29-21)23(24-3)26-15-19-6-8-22(25-14-19)30-12-11-28-4/h5-8,13-14,21H,9-12,15-16H2,1-4H3,(H,24,26). The molecular weight excluding hydrogens is 380 g/mol. The molecule has 1 atom stereocenters. The van der Waals surface area contributed by atoms with Crippen molar-refractivity contribution >= 4 is 5.96 Å². The first-order chi connectivity index (χ1) is 14.6. The number of aliphatic imine (C=N–C) groups is 1. The monoisotopic (exact) mass is 412 g/mol. The normalized spacial score (nSPS) is 17.1. The third-order valence-corrected chi connectivity index (χ3v) is 5.14. The number of aromatic nitrogens is 1. The fourth-order valence-electron chi connectivity index (χ4n) is 3.56. The molecule has 1 unspecified atom stereocenters. The topological polar surface area (TPSA) is 68.2 Å². The second kappa shape index (κ2) is 10.9. The van der Waals surface area contributed by atoms with E-state index in [1.165, 1.54) is 16.7 Å². The number of guanidine groups is 1. The first-order valence-corrected chi connectivity index (χ1v) is 10.3. The number of aryl methyl sites for hydroxylation is 2. The Morgan fingerprint density at radius 3 is 2.83 bits per heavy atom. The summed E-state index contributed by atoms with van der Waals surface area (Å²) in [5.41, 5.74) is 4.84. The quantitative estimate of drug-likeness (QED) is 0.429. The van der Waals surface area contributed by atoms with Gasteiger partial charge in [-0.15, -0.1) is 0 Å². The van der Waals surface area contributed by atoms with Gasteiger partial charge in [0.15, 0.2) is 5.96 Å². The molecule has 0 saturated carbocycles. The van der Waals surface area contributed by atoms with Crippen molar-refractivity contribution in [2.45, 2.75) is 26.5 Å². The van der Waals surface area contributed by atoms with Gasteiger partial charge >= 0.3 is 0 Å². The van der Waals surface area contributed by atoms with E-state index in [0.29, 0.717) is 32.2 Å². The number of methoxy groups -OCH3 is 1.